The lowest BCUT2D eigenvalue weighted by Gasteiger charge is -2.41. The van der Waals surface area contributed by atoms with E-state index in [9.17, 15) is 0 Å². The van der Waals surface area contributed by atoms with E-state index < -0.39 is 0 Å². The molecule has 1 fully saturated rings. The van der Waals surface area contributed by atoms with Gasteiger partial charge in [0, 0.05) is 5.33 Å². The molecule has 2 heteroatoms. The Hall–Kier alpha value is -0.500. The first-order valence-corrected chi connectivity index (χ1v) is 6.60. The molecule has 0 amide bonds. The van der Waals surface area contributed by atoms with Gasteiger partial charge in [-0.1, -0.05) is 40.5 Å². The number of hydrogen-bond acceptors (Lipinski definition) is 1. The van der Waals surface area contributed by atoms with Gasteiger partial charge in [0.25, 0.3) is 0 Å². The Bertz CT molecular complexity index is 326. The molecule has 0 aliphatic heterocycles. The van der Waals surface area contributed by atoms with Crippen LogP contribution in [0.4, 0.5) is 0 Å². The molecule has 0 N–H and O–H groups in total. The molecule has 1 aromatic carbocycles. The van der Waals surface area contributed by atoms with Crippen molar-refractivity contribution in [1.82, 2.24) is 0 Å². The predicted octanol–water partition coefficient (Wildman–Crippen LogP) is 3.80. The zero-order chi connectivity index (χ0) is 10.7. The van der Waals surface area contributed by atoms with Gasteiger partial charge in [0.15, 0.2) is 0 Å². The molecule has 1 aliphatic rings. The van der Waals surface area contributed by atoms with E-state index in [0.29, 0.717) is 5.41 Å². The minimum atomic E-state index is 0.495. The maximum absolute atomic E-state index is 5.39. The van der Waals surface area contributed by atoms with Gasteiger partial charge in [0.05, 0.1) is 7.11 Å². The largest absolute Gasteiger partial charge is 0.496 e. The lowest BCUT2D eigenvalue weighted by atomic mass is 9.67. The Balaban J connectivity index is 2.15. The lowest BCUT2D eigenvalue weighted by Crippen LogP contribution is -2.33. The number of para-hydroxylation sites is 1. The van der Waals surface area contributed by atoms with E-state index in [1.165, 1.54) is 24.8 Å². The van der Waals surface area contributed by atoms with Gasteiger partial charge in [-0.15, -0.1) is 0 Å². The number of ether oxygens (including phenoxy) is 1. The van der Waals surface area contributed by atoms with Crippen molar-refractivity contribution in [3.05, 3.63) is 29.8 Å². The van der Waals surface area contributed by atoms with Crippen LogP contribution in [-0.4, -0.2) is 12.4 Å². The van der Waals surface area contributed by atoms with Crippen LogP contribution in [0.2, 0.25) is 0 Å². The zero-order valence-corrected chi connectivity index (χ0v) is 10.7. The van der Waals surface area contributed by atoms with E-state index in [-0.39, 0.29) is 0 Å². The van der Waals surface area contributed by atoms with Crippen LogP contribution in [0.5, 0.6) is 5.75 Å². The summed E-state index contributed by atoms with van der Waals surface area (Å²) in [6, 6.07) is 8.36. The van der Waals surface area contributed by atoms with Crippen molar-refractivity contribution in [2.45, 2.75) is 25.7 Å². The maximum Gasteiger partial charge on any atom is 0.122 e. The number of benzene rings is 1. The first-order valence-electron chi connectivity index (χ1n) is 5.47. The van der Waals surface area contributed by atoms with Gasteiger partial charge in [0.2, 0.25) is 0 Å². The maximum atomic E-state index is 5.39. The standard InChI is InChI=1S/C13H17BrO/c1-15-12-6-3-2-5-11(12)9-13(10-14)7-4-8-13/h2-3,5-6H,4,7-10H2,1H3. The summed E-state index contributed by atoms with van der Waals surface area (Å²) in [5, 5.41) is 1.11. The van der Waals surface area contributed by atoms with Crippen molar-refractivity contribution in [2.75, 3.05) is 12.4 Å². The van der Waals surface area contributed by atoms with E-state index in [4.69, 9.17) is 4.74 Å². The summed E-state index contributed by atoms with van der Waals surface area (Å²) in [5.41, 5.74) is 1.84. The molecule has 0 unspecified atom stereocenters. The van der Waals surface area contributed by atoms with E-state index >= 15 is 0 Å². The number of methoxy groups -OCH3 is 1. The minimum Gasteiger partial charge on any atom is -0.496 e. The fourth-order valence-electron chi connectivity index (χ4n) is 2.29. The third-order valence-electron chi connectivity index (χ3n) is 3.46. The normalized spacial score (nSPS) is 18.3. The molecule has 2 rings (SSSR count). The molecule has 0 atom stereocenters. The summed E-state index contributed by atoms with van der Waals surface area (Å²) < 4.78 is 5.39. The molecule has 1 aromatic rings. The Morgan fingerprint density at radius 2 is 2.07 bits per heavy atom. The molecular formula is C13H17BrO. The molecule has 0 spiro atoms. The molecule has 82 valence electrons. The highest BCUT2D eigenvalue weighted by Gasteiger charge is 2.36. The molecule has 15 heavy (non-hydrogen) atoms. The second-order valence-corrected chi connectivity index (χ2v) is 5.04. The highest BCUT2D eigenvalue weighted by molar-refractivity contribution is 9.09. The monoisotopic (exact) mass is 268 g/mol. The van der Waals surface area contributed by atoms with Crippen molar-refractivity contribution >= 4 is 15.9 Å². The van der Waals surface area contributed by atoms with Crippen molar-refractivity contribution in [1.29, 1.82) is 0 Å². The molecule has 1 saturated carbocycles. The van der Waals surface area contributed by atoms with Crippen LogP contribution in [0.25, 0.3) is 0 Å². The van der Waals surface area contributed by atoms with Crippen LogP contribution in [0, 0.1) is 5.41 Å². The number of halogens is 1. The topological polar surface area (TPSA) is 9.23 Å². The van der Waals surface area contributed by atoms with Crippen LogP contribution in [0.1, 0.15) is 24.8 Å². The number of alkyl halides is 1. The minimum absolute atomic E-state index is 0.495. The van der Waals surface area contributed by atoms with Crippen molar-refractivity contribution in [3.8, 4) is 5.75 Å². The molecular weight excluding hydrogens is 252 g/mol. The van der Waals surface area contributed by atoms with Gasteiger partial charge in [-0.05, 0) is 36.3 Å². The summed E-state index contributed by atoms with van der Waals surface area (Å²) in [6.45, 7) is 0. The first-order chi connectivity index (χ1) is 7.29. The summed E-state index contributed by atoms with van der Waals surface area (Å²) >= 11 is 3.65. The van der Waals surface area contributed by atoms with Gasteiger partial charge in [-0.2, -0.15) is 0 Å². The van der Waals surface area contributed by atoms with E-state index in [1.54, 1.807) is 7.11 Å². The Labute approximate surface area is 100.0 Å². The summed E-state index contributed by atoms with van der Waals surface area (Å²) in [6.07, 6.45) is 5.20. The van der Waals surface area contributed by atoms with Crippen LogP contribution in [0.3, 0.4) is 0 Å². The van der Waals surface area contributed by atoms with Gasteiger partial charge in [-0.25, -0.2) is 0 Å². The van der Waals surface area contributed by atoms with Gasteiger partial charge in [0.1, 0.15) is 5.75 Å². The van der Waals surface area contributed by atoms with Gasteiger partial charge < -0.3 is 4.74 Å². The predicted molar refractivity (Wildman–Crippen MR) is 66.8 cm³/mol. The molecule has 0 bridgehead atoms. The van der Waals surface area contributed by atoms with Gasteiger partial charge >= 0.3 is 0 Å². The first kappa shape index (κ1) is 11.0. The van der Waals surface area contributed by atoms with Crippen molar-refractivity contribution < 1.29 is 4.74 Å². The molecule has 1 aliphatic carbocycles. The second kappa shape index (κ2) is 4.56. The SMILES string of the molecule is COc1ccccc1CC1(CBr)CCC1. The van der Waals surface area contributed by atoms with E-state index in [2.05, 4.69) is 34.1 Å². The van der Waals surface area contributed by atoms with Crippen LogP contribution >= 0.6 is 15.9 Å². The summed E-state index contributed by atoms with van der Waals surface area (Å²) in [4.78, 5) is 0. The third-order valence-corrected chi connectivity index (χ3v) is 4.65. The van der Waals surface area contributed by atoms with Crippen molar-refractivity contribution in [3.63, 3.8) is 0 Å². The molecule has 0 radical (unpaired) electrons. The average Bonchev–Trinajstić information content (AvgIpc) is 2.24. The zero-order valence-electron chi connectivity index (χ0n) is 9.13. The van der Waals surface area contributed by atoms with Crippen LogP contribution < -0.4 is 4.74 Å². The van der Waals surface area contributed by atoms with Crippen molar-refractivity contribution in [2.24, 2.45) is 5.41 Å². The lowest BCUT2D eigenvalue weighted by molar-refractivity contribution is 0.168. The van der Waals surface area contributed by atoms with E-state index in [0.717, 1.165) is 17.5 Å². The number of hydrogen-bond donors (Lipinski definition) is 0. The summed E-state index contributed by atoms with van der Waals surface area (Å²) in [7, 11) is 1.75. The fraction of sp³-hybridized carbons (Fsp3) is 0.538. The Kier molecular flexibility index (Phi) is 3.35. The van der Waals surface area contributed by atoms with Crippen LogP contribution in [-0.2, 0) is 6.42 Å². The summed E-state index contributed by atoms with van der Waals surface area (Å²) in [5.74, 6) is 1.03. The van der Waals surface area contributed by atoms with Gasteiger partial charge in [-0.3, -0.25) is 0 Å². The average molecular weight is 269 g/mol. The molecule has 0 saturated heterocycles. The Morgan fingerprint density at radius 1 is 1.33 bits per heavy atom. The van der Waals surface area contributed by atoms with E-state index in [1.807, 2.05) is 6.07 Å². The molecule has 1 nitrogen and oxygen atoms in total. The second-order valence-electron chi connectivity index (χ2n) is 4.48. The molecule has 0 aromatic heterocycles. The quantitative estimate of drug-likeness (QED) is 0.755. The third kappa shape index (κ3) is 2.20. The highest BCUT2D eigenvalue weighted by atomic mass is 79.9. The van der Waals surface area contributed by atoms with Crippen LogP contribution in [0.15, 0.2) is 24.3 Å². The molecule has 0 heterocycles. The highest BCUT2D eigenvalue weighted by Crippen LogP contribution is 2.46. The smallest absolute Gasteiger partial charge is 0.122 e. The number of rotatable bonds is 4. The Morgan fingerprint density at radius 3 is 2.60 bits per heavy atom. The fourth-order valence-corrected chi connectivity index (χ4v) is 3.05.